The molecule has 2 aliphatic heterocycles. The van der Waals surface area contributed by atoms with Crippen LogP contribution in [0.5, 0.6) is 0 Å². The fourth-order valence-corrected chi connectivity index (χ4v) is 6.73. The van der Waals surface area contributed by atoms with Gasteiger partial charge in [-0.3, -0.25) is 14.4 Å². The maximum Gasteiger partial charge on any atom is 0.408 e. The number of carbonyl (C=O) groups is 4. The van der Waals surface area contributed by atoms with E-state index in [0.29, 0.717) is 43.1 Å². The van der Waals surface area contributed by atoms with Gasteiger partial charge in [-0.25, -0.2) is 17.9 Å². The van der Waals surface area contributed by atoms with E-state index in [-0.39, 0.29) is 23.1 Å². The highest BCUT2D eigenvalue weighted by Gasteiger charge is 2.61. The third-order valence-electron chi connectivity index (χ3n) is 7.68. The summed E-state index contributed by atoms with van der Waals surface area (Å²) in [6.07, 6.45) is 7.73. The molecule has 2 fully saturated rings. The van der Waals surface area contributed by atoms with E-state index >= 15 is 0 Å². The first-order valence-electron chi connectivity index (χ1n) is 14.3. The summed E-state index contributed by atoms with van der Waals surface area (Å²) in [7, 11) is -4.19. The molecule has 0 aromatic heterocycles. The van der Waals surface area contributed by atoms with Gasteiger partial charge in [0, 0.05) is 16.9 Å². The van der Waals surface area contributed by atoms with Crippen molar-refractivity contribution in [3.05, 3.63) is 40.9 Å². The van der Waals surface area contributed by atoms with Gasteiger partial charge in [-0.15, -0.1) is 0 Å². The number of nitrogens with zero attached hydrogens (tertiary/aromatic N) is 1. The fourth-order valence-electron chi connectivity index (χ4n) is 5.43. The van der Waals surface area contributed by atoms with E-state index in [1.54, 1.807) is 32.9 Å². The Balaban J connectivity index is 1.56. The van der Waals surface area contributed by atoms with Gasteiger partial charge in [-0.05, 0) is 83.6 Å². The molecule has 230 valence electrons. The van der Waals surface area contributed by atoms with Crippen LogP contribution in [0, 0.1) is 5.92 Å². The fraction of sp³-hybridized carbons (Fsp3) is 0.586. The molecule has 0 bridgehead atoms. The Labute approximate surface area is 255 Å². The van der Waals surface area contributed by atoms with Crippen molar-refractivity contribution in [3.63, 3.8) is 0 Å². The van der Waals surface area contributed by atoms with Crippen molar-refractivity contribution in [3.8, 4) is 0 Å². The second kappa shape index (κ2) is 12.7. The van der Waals surface area contributed by atoms with Gasteiger partial charge in [-0.1, -0.05) is 40.9 Å². The van der Waals surface area contributed by atoms with Crippen LogP contribution < -0.4 is 15.4 Å². The van der Waals surface area contributed by atoms with Crippen LogP contribution in [0.25, 0.3) is 0 Å². The van der Waals surface area contributed by atoms with Crippen molar-refractivity contribution in [2.75, 3.05) is 6.54 Å². The summed E-state index contributed by atoms with van der Waals surface area (Å²) in [4.78, 5) is 54.8. The second-order valence-corrected chi connectivity index (χ2v) is 14.7. The topological polar surface area (TPSA) is 151 Å². The molecule has 0 unspecified atom stereocenters. The summed E-state index contributed by atoms with van der Waals surface area (Å²) in [5.41, 5.74) is -2.20. The second-order valence-electron chi connectivity index (χ2n) is 12.1. The summed E-state index contributed by atoms with van der Waals surface area (Å²) in [5.74, 6) is -2.12. The van der Waals surface area contributed by atoms with Crippen molar-refractivity contribution in [1.29, 1.82) is 0 Å². The van der Waals surface area contributed by atoms with Gasteiger partial charge in [0.05, 0.1) is 4.90 Å². The van der Waals surface area contributed by atoms with E-state index in [4.69, 9.17) is 4.74 Å². The summed E-state index contributed by atoms with van der Waals surface area (Å²) in [5, 5.41) is 5.52. The SMILES string of the molecule is CC(C)(C)OC(=O)N[C@H]1CCCCC/C=C\[C@@H]2C[C@@]2(C(=O)NS(=O)(=O)c2ccc(Br)cc2)NC(=O)[C@@H]2CCCN2C1=O. The summed E-state index contributed by atoms with van der Waals surface area (Å²) < 4.78 is 34.2. The lowest BCUT2D eigenvalue weighted by Crippen LogP contribution is -2.58. The Hall–Kier alpha value is -2.93. The molecule has 3 N–H and O–H groups in total. The first-order chi connectivity index (χ1) is 19.7. The van der Waals surface area contributed by atoms with E-state index in [9.17, 15) is 27.6 Å². The van der Waals surface area contributed by atoms with Crippen molar-refractivity contribution in [1.82, 2.24) is 20.3 Å². The van der Waals surface area contributed by atoms with Crippen molar-refractivity contribution >= 4 is 49.8 Å². The van der Waals surface area contributed by atoms with Gasteiger partial charge >= 0.3 is 6.09 Å². The van der Waals surface area contributed by atoms with Gasteiger partial charge in [0.1, 0.15) is 23.2 Å². The first-order valence-corrected chi connectivity index (χ1v) is 16.6. The standard InChI is InChI=1S/C29H39BrN4O7S/c1-28(2,3)41-27(38)31-22-11-8-6-4-5-7-10-19-18-29(19,32-24(35)23-12-9-17-34(23)25(22)36)26(37)33-42(39,40)21-15-13-20(30)14-16-21/h7,10,13-16,19,22-23H,4-6,8-9,11-12,17-18H2,1-3H3,(H,31,38)(H,32,35)(H,33,37)/b10-7-/t19-,22+,23+,29-/m1/s1. The Morgan fingerprint density at radius 1 is 1.07 bits per heavy atom. The Morgan fingerprint density at radius 3 is 2.48 bits per heavy atom. The largest absolute Gasteiger partial charge is 0.444 e. The molecule has 1 aromatic rings. The first kappa shape index (κ1) is 32.0. The predicted molar refractivity (Wildman–Crippen MR) is 159 cm³/mol. The number of amides is 4. The van der Waals surface area contributed by atoms with Crippen LogP contribution in [0.15, 0.2) is 45.8 Å². The number of alkyl carbamates (subject to hydrolysis) is 1. The third kappa shape index (κ3) is 7.71. The van der Waals surface area contributed by atoms with Gasteiger partial charge in [0.25, 0.3) is 15.9 Å². The van der Waals surface area contributed by atoms with E-state index in [1.807, 2.05) is 12.2 Å². The third-order valence-corrected chi connectivity index (χ3v) is 9.55. The number of nitrogens with one attached hydrogen (secondary N) is 3. The lowest BCUT2D eigenvalue weighted by atomic mass is 10.0. The molecule has 13 heteroatoms. The van der Waals surface area contributed by atoms with Crippen LogP contribution in [0.4, 0.5) is 4.79 Å². The smallest absolute Gasteiger partial charge is 0.408 e. The molecule has 0 spiro atoms. The highest BCUT2D eigenvalue weighted by Crippen LogP contribution is 2.45. The minimum Gasteiger partial charge on any atom is -0.444 e. The van der Waals surface area contributed by atoms with Crippen molar-refractivity contribution < 1.29 is 32.3 Å². The average molecular weight is 668 g/mol. The minimum atomic E-state index is -4.19. The predicted octanol–water partition coefficient (Wildman–Crippen LogP) is 3.53. The Morgan fingerprint density at radius 2 is 1.79 bits per heavy atom. The minimum absolute atomic E-state index is 0.0808. The molecule has 1 aromatic carbocycles. The molecule has 4 rings (SSSR count). The molecule has 1 saturated carbocycles. The number of allylic oxidation sites excluding steroid dienone is 1. The van der Waals surface area contributed by atoms with Crippen LogP contribution in [-0.2, 0) is 29.1 Å². The molecule has 1 aliphatic carbocycles. The molecule has 42 heavy (non-hydrogen) atoms. The lowest BCUT2D eigenvalue weighted by molar-refractivity contribution is -0.141. The van der Waals surface area contributed by atoms with Crippen LogP contribution in [0.1, 0.15) is 72.1 Å². The molecule has 11 nitrogen and oxygen atoms in total. The van der Waals surface area contributed by atoms with Gasteiger partial charge in [-0.2, -0.15) is 0 Å². The number of halogens is 1. The zero-order valence-corrected chi connectivity index (χ0v) is 26.6. The molecule has 1 saturated heterocycles. The van der Waals surface area contributed by atoms with Crippen LogP contribution in [-0.4, -0.2) is 66.9 Å². The number of rotatable bonds is 4. The molecule has 4 amide bonds. The number of fused-ring (bicyclic) bond motifs is 2. The van der Waals surface area contributed by atoms with E-state index in [0.717, 1.165) is 12.8 Å². The number of hydrogen-bond donors (Lipinski definition) is 3. The summed E-state index contributed by atoms with van der Waals surface area (Å²) in [6, 6.07) is 4.14. The number of sulfonamides is 1. The van der Waals surface area contributed by atoms with Crippen LogP contribution in [0.2, 0.25) is 0 Å². The number of carbonyl (C=O) groups excluding carboxylic acids is 4. The molecule has 2 heterocycles. The normalized spacial score (nSPS) is 27.8. The lowest BCUT2D eigenvalue weighted by Gasteiger charge is -2.30. The number of hydrogen-bond acceptors (Lipinski definition) is 7. The van der Waals surface area contributed by atoms with Gasteiger partial charge in [0.15, 0.2) is 0 Å². The molecule has 0 radical (unpaired) electrons. The highest BCUT2D eigenvalue weighted by molar-refractivity contribution is 9.10. The van der Waals surface area contributed by atoms with E-state index in [1.165, 1.54) is 17.0 Å². The van der Waals surface area contributed by atoms with Crippen LogP contribution >= 0.6 is 15.9 Å². The van der Waals surface area contributed by atoms with Crippen molar-refractivity contribution in [2.45, 2.75) is 100 Å². The zero-order valence-electron chi connectivity index (χ0n) is 24.2. The van der Waals surface area contributed by atoms with Gasteiger partial charge in [0.2, 0.25) is 11.8 Å². The van der Waals surface area contributed by atoms with Crippen LogP contribution in [0.3, 0.4) is 0 Å². The quantitative estimate of drug-likeness (QED) is 0.416. The maximum absolute atomic E-state index is 13.7. The Bertz CT molecular complexity index is 1340. The molecule has 3 aliphatic rings. The number of benzene rings is 1. The molecular formula is C29H39BrN4O7S. The molecule has 4 atom stereocenters. The Kier molecular flexibility index (Phi) is 9.71. The zero-order chi connectivity index (χ0) is 30.7. The van der Waals surface area contributed by atoms with Gasteiger partial charge < -0.3 is 20.3 Å². The monoisotopic (exact) mass is 666 g/mol. The summed E-state index contributed by atoms with van der Waals surface area (Å²) in [6.45, 7) is 5.53. The van der Waals surface area contributed by atoms with E-state index < -0.39 is 51.2 Å². The average Bonchev–Trinajstić information content (AvgIpc) is 3.35. The molecular weight excluding hydrogens is 628 g/mol. The highest BCUT2D eigenvalue weighted by atomic mass is 79.9. The maximum atomic E-state index is 13.7. The van der Waals surface area contributed by atoms with E-state index in [2.05, 4.69) is 31.3 Å². The van der Waals surface area contributed by atoms with Crippen molar-refractivity contribution in [2.24, 2.45) is 5.92 Å². The number of ether oxygens (including phenoxy) is 1. The summed E-state index contributed by atoms with van der Waals surface area (Å²) >= 11 is 3.27.